The Hall–Kier alpha value is -1.98. The van der Waals surface area contributed by atoms with E-state index in [-0.39, 0.29) is 9.79 Å². The zero-order valence-electron chi connectivity index (χ0n) is 10.3. The van der Waals surface area contributed by atoms with Crippen LogP contribution in [0.2, 0.25) is 5.02 Å². The third kappa shape index (κ3) is 2.05. The van der Waals surface area contributed by atoms with Crippen molar-refractivity contribution in [1.82, 2.24) is 4.98 Å². The minimum absolute atomic E-state index is 0.165. The van der Waals surface area contributed by atoms with E-state index >= 15 is 0 Å². The van der Waals surface area contributed by atoms with Crippen molar-refractivity contribution in [3.05, 3.63) is 53.7 Å². The fourth-order valence-electron chi connectivity index (χ4n) is 2.10. The number of sulfone groups is 1. The van der Waals surface area contributed by atoms with Crippen molar-refractivity contribution in [1.29, 1.82) is 0 Å². The number of nitrogens with two attached hydrogens (primary N) is 1. The molecular formula is C14H11ClN2O2S. The van der Waals surface area contributed by atoms with Crippen LogP contribution >= 0.6 is 11.6 Å². The van der Waals surface area contributed by atoms with Crippen LogP contribution in [0.25, 0.3) is 10.9 Å². The van der Waals surface area contributed by atoms with Crippen molar-refractivity contribution in [3.8, 4) is 0 Å². The van der Waals surface area contributed by atoms with Gasteiger partial charge in [0.2, 0.25) is 9.84 Å². The Morgan fingerprint density at radius 1 is 1.10 bits per heavy atom. The molecule has 4 nitrogen and oxygen atoms in total. The molecule has 0 bridgehead atoms. The first-order valence-electron chi connectivity index (χ1n) is 5.86. The zero-order valence-corrected chi connectivity index (χ0v) is 11.9. The lowest BCUT2D eigenvalue weighted by Gasteiger charge is -2.04. The molecule has 0 saturated carbocycles. The fourth-order valence-corrected chi connectivity index (χ4v) is 3.75. The van der Waals surface area contributed by atoms with Gasteiger partial charge in [0.1, 0.15) is 0 Å². The number of aromatic nitrogens is 1. The van der Waals surface area contributed by atoms with Gasteiger partial charge in [-0.15, -0.1) is 0 Å². The number of anilines is 1. The summed E-state index contributed by atoms with van der Waals surface area (Å²) < 4.78 is 25.3. The molecule has 0 aliphatic rings. The van der Waals surface area contributed by atoms with Gasteiger partial charge < -0.3 is 10.7 Å². The van der Waals surface area contributed by atoms with E-state index in [0.717, 1.165) is 5.52 Å². The van der Waals surface area contributed by atoms with Gasteiger partial charge in [0, 0.05) is 27.8 Å². The molecule has 6 heteroatoms. The molecule has 20 heavy (non-hydrogen) atoms. The molecule has 0 amide bonds. The van der Waals surface area contributed by atoms with E-state index in [1.165, 1.54) is 18.3 Å². The maximum atomic E-state index is 12.7. The number of hydrogen-bond acceptors (Lipinski definition) is 3. The van der Waals surface area contributed by atoms with Gasteiger partial charge in [-0.05, 0) is 36.4 Å². The van der Waals surface area contributed by atoms with Crippen LogP contribution in [0.1, 0.15) is 0 Å². The first-order valence-corrected chi connectivity index (χ1v) is 7.72. The number of aromatic amines is 1. The van der Waals surface area contributed by atoms with E-state index in [9.17, 15) is 8.42 Å². The normalized spacial score (nSPS) is 11.8. The number of hydrogen-bond donors (Lipinski definition) is 2. The molecule has 0 fully saturated rings. The molecule has 102 valence electrons. The van der Waals surface area contributed by atoms with Gasteiger partial charge in [-0.1, -0.05) is 17.7 Å². The zero-order chi connectivity index (χ0) is 14.3. The van der Waals surface area contributed by atoms with Crippen molar-refractivity contribution >= 4 is 38.0 Å². The minimum Gasteiger partial charge on any atom is -0.399 e. The molecule has 0 aliphatic heterocycles. The topological polar surface area (TPSA) is 76.0 Å². The molecule has 1 aromatic heterocycles. The first kappa shape index (κ1) is 13.0. The van der Waals surface area contributed by atoms with Crippen LogP contribution in [-0.4, -0.2) is 13.4 Å². The summed E-state index contributed by atoms with van der Waals surface area (Å²) in [5.74, 6) is 0. The molecule has 0 aliphatic carbocycles. The molecular weight excluding hydrogens is 296 g/mol. The summed E-state index contributed by atoms with van der Waals surface area (Å²) in [6.45, 7) is 0. The van der Waals surface area contributed by atoms with E-state index in [1.54, 1.807) is 30.3 Å². The SMILES string of the molecule is Nc1cccc(S(=O)(=O)c2c[nH]c3ccc(Cl)cc23)c1. The maximum absolute atomic E-state index is 12.7. The summed E-state index contributed by atoms with van der Waals surface area (Å²) in [5.41, 5.74) is 6.78. The molecule has 0 saturated heterocycles. The van der Waals surface area contributed by atoms with Gasteiger partial charge in [-0.25, -0.2) is 8.42 Å². The van der Waals surface area contributed by atoms with Crippen molar-refractivity contribution in [2.75, 3.05) is 5.73 Å². The van der Waals surface area contributed by atoms with Gasteiger partial charge in [0.25, 0.3) is 0 Å². The van der Waals surface area contributed by atoms with Gasteiger partial charge in [-0.2, -0.15) is 0 Å². The summed E-state index contributed by atoms with van der Waals surface area (Å²) in [5, 5.41) is 1.06. The Labute approximate surface area is 121 Å². The molecule has 3 aromatic rings. The number of nitrogens with one attached hydrogen (secondary N) is 1. The Kier molecular flexibility index (Phi) is 2.96. The van der Waals surface area contributed by atoms with Crippen molar-refractivity contribution < 1.29 is 8.42 Å². The van der Waals surface area contributed by atoms with Crippen LogP contribution in [0.15, 0.2) is 58.5 Å². The third-order valence-electron chi connectivity index (χ3n) is 3.06. The quantitative estimate of drug-likeness (QED) is 0.714. The smallest absolute Gasteiger partial charge is 0.208 e. The monoisotopic (exact) mass is 306 g/mol. The van der Waals surface area contributed by atoms with Crippen LogP contribution in [0.3, 0.4) is 0 Å². The average Bonchev–Trinajstić information content (AvgIpc) is 2.82. The molecule has 0 radical (unpaired) electrons. The van der Waals surface area contributed by atoms with Crippen molar-refractivity contribution in [3.63, 3.8) is 0 Å². The second kappa shape index (κ2) is 4.54. The summed E-state index contributed by atoms with van der Waals surface area (Å²) in [6, 6.07) is 11.3. The number of H-pyrrole nitrogens is 1. The lowest BCUT2D eigenvalue weighted by molar-refractivity contribution is 0.597. The second-order valence-electron chi connectivity index (χ2n) is 4.42. The Bertz CT molecular complexity index is 900. The highest BCUT2D eigenvalue weighted by atomic mass is 35.5. The number of fused-ring (bicyclic) bond motifs is 1. The highest BCUT2D eigenvalue weighted by molar-refractivity contribution is 7.91. The molecule has 3 N–H and O–H groups in total. The molecule has 0 spiro atoms. The highest BCUT2D eigenvalue weighted by Gasteiger charge is 2.21. The van der Waals surface area contributed by atoms with Crippen LogP contribution in [0.5, 0.6) is 0 Å². The van der Waals surface area contributed by atoms with Crippen LogP contribution in [-0.2, 0) is 9.84 Å². The van der Waals surface area contributed by atoms with Gasteiger partial charge in [0.05, 0.1) is 9.79 Å². The Morgan fingerprint density at radius 2 is 1.90 bits per heavy atom. The summed E-state index contributed by atoms with van der Waals surface area (Å²) in [6.07, 6.45) is 1.47. The van der Waals surface area contributed by atoms with Crippen molar-refractivity contribution in [2.24, 2.45) is 0 Å². The first-order chi connectivity index (χ1) is 9.48. The lowest BCUT2D eigenvalue weighted by Crippen LogP contribution is -2.02. The lowest BCUT2D eigenvalue weighted by atomic mass is 10.2. The Balaban J connectivity index is 2.26. The average molecular weight is 307 g/mol. The highest BCUT2D eigenvalue weighted by Crippen LogP contribution is 2.30. The van der Waals surface area contributed by atoms with Gasteiger partial charge in [-0.3, -0.25) is 0 Å². The molecule has 3 rings (SSSR count). The predicted molar refractivity (Wildman–Crippen MR) is 79.6 cm³/mol. The number of rotatable bonds is 2. The minimum atomic E-state index is -3.63. The molecule has 0 atom stereocenters. The molecule has 2 aromatic carbocycles. The third-order valence-corrected chi connectivity index (χ3v) is 5.09. The number of benzene rings is 2. The van der Waals surface area contributed by atoms with Crippen LogP contribution in [0, 0.1) is 0 Å². The fraction of sp³-hybridized carbons (Fsp3) is 0. The largest absolute Gasteiger partial charge is 0.399 e. The standard InChI is InChI=1S/C14H11ClN2O2S/c15-9-4-5-13-12(6-9)14(8-17-13)20(18,19)11-3-1-2-10(16)7-11/h1-8,17H,16H2. The van der Waals surface area contributed by atoms with Crippen LogP contribution < -0.4 is 5.73 Å². The Morgan fingerprint density at radius 3 is 2.65 bits per heavy atom. The molecule has 1 heterocycles. The van der Waals surface area contributed by atoms with Gasteiger partial charge in [0.15, 0.2) is 0 Å². The number of nitrogen functional groups attached to an aromatic ring is 1. The predicted octanol–water partition coefficient (Wildman–Crippen LogP) is 3.24. The second-order valence-corrected chi connectivity index (χ2v) is 6.77. The van der Waals surface area contributed by atoms with E-state index in [2.05, 4.69) is 4.98 Å². The molecule has 0 unspecified atom stereocenters. The van der Waals surface area contributed by atoms with Gasteiger partial charge >= 0.3 is 0 Å². The summed E-state index contributed by atoms with van der Waals surface area (Å²) in [7, 11) is -3.63. The van der Waals surface area contributed by atoms with E-state index in [0.29, 0.717) is 16.1 Å². The summed E-state index contributed by atoms with van der Waals surface area (Å²) in [4.78, 5) is 3.30. The number of halogens is 1. The van der Waals surface area contributed by atoms with E-state index in [4.69, 9.17) is 17.3 Å². The van der Waals surface area contributed by atoms with E-state index < -0.39 is 9.84 Å². The van der Waals surface area contributed by atoms with Crippen LogP contribution in [0.4, 0.5) is 5.69 Å². The summed E-state index contributed by atoms with van der Waals surface area (Å²) >= 11 is 5.94. The maximum Gasteiger partial charge on any atom is 0.208 e. The van der Waals surface area contributed by atoms with E-state index in [1.807, 2.05) is 0 Å². The van der Waals surface area contributed by atoms with Crippen molar-refractivity contribution in [2.45, 2.75) is 9.79 Å².